The SMILES string of the molecule is O=C(CN1C(=O)COc2ccccc21)OCc1sc2ccccc2c1Cl. The average Bonchev–Trinajstić information content (AvgIpc) is 2.99. The Hall–Kier alpha value is -2.57. The molecule has 2 aromatic carbocycles. The van der Waals surface area contributed by atoms with E-state index in [0.29, 0.717) is 16.5 Å². The maximum absolute atomic E-state index is 12.3. The Morgan fingerprint density at radius 3 is 2.81 bits per heavy atom. The third-order valence-corrected chi connectivity index (χ3v) is 5.75. The largest absolute Gasteiger partial charge is 0.482 e. The summed E-state index contributed by atoms with van der Waals surface area (Å²) in [4.78, 5) is 26.6. The molecule has 1 aromatic heterocycles. The van der Waals surface area contributed by atoms with E-state index in [4.69, 9.17) is 21.1 Å². The van der Waals surface area contributed by atoms with Gasteiger partial charge in [0.05, 0.1) is 15.6 Å². The normalized spacial score (nSPS) is 13.4. The van der Waals surface area contributed by atoms with E-state index in [9.17, 15) is 9.59 Å². The van der Waals surface area contributed by atoms with Crippen LogP contribution in [0.3, 0.4) is 0 Å². The first-order valence-electron chi connectivity index (χ1n) is 7.97. The lowest BCUT2D eigenvalue weighted by Crippen LogP contribution is -2.42. The summed E-state index contributed by atoms with van der Waals surface area (Å²) in [5.41, 5.74) is 0.570. The topological polar surface area (TPSA) is 55.8 Å². The highest BCUT2D eigenvalue weighted by Crippen LogP contribution is 2.35. The van der Waals surface area contributed by atoms with Crippen LogP contribution in [0, 0.1) is 0 Å². The van der Waals surface area contributed by atoms with Gasteiger partial charge in [-0.3, -0.25) is 14.5 Å². The van der Waals surface area contributed by atoms with Gasteiger partial charge >= 0.3 is 5.97 Å². The Balaban J connectivity index is 1.46. The number of hydrogen-bond donors (Lipinski definition) is 0. The van der Waals surface area contributed by atoms with Crippen molar-refractivity contribution < 1.29 is 19.1 Å². The lowest BCUT2D eigenvalue weighted by Gasteiger charge is -2.28. The van der Waals surface area contributed by atoms with E-state index in [2.05, 4.69) is 0 Å². The van der Waals surface area contributed by atoms with Crippen LogP contribution in [0.1, 0.15) is 4.88 Å². The Labute approximate surface area is 158 Å². The molecule has 132 valence electrons. The van der Waals surface area contributed by atoms with E-state index >= 15 is 0 Å². The van der Waals surface area contributed by atoms with Crippen LogP contribution < -0.4 is 9.64 Å². The van der Waals surface area contributed by atoms with Gasteiger partial charge in [-0.05, 0) is 18.2 Å². The number of carbonyl (C=O) groups excluding carboxylic acids is 2. The number of halogens is 1. The van der Waals surface area contributed by atoms with Crippen LogP contribution in [0.4, 0.5) is 5.69 Å². The zero-order chi connectivity index (χ0) is 18.1. The van der Waals surface area contributed by atoms with Crippen LogP contribution in [-0.4, -0.2) is 25.0 Å². The molecule has 0 atom stereocenters. The third-order valence-electron chi connectivity index (χ3n) is 4.06. The molecule has 1 aliphatic heterocycles. The van der Waals surface area contributed by atoms with Gasteiger partial charge in [-0.15, -0.1) is 11.3 Å². The molecule has 7 heteroatoms. The minimum Gasteiger partial charge on any atom is -0.482 e. The number of amides is 1. The lowest BCUT2D eigenvalue weighted by molar-refractivity contribution is -0.144. The van der Waals surface area contributed by atoms with E-state index in [1.807, 2.05) is 30.3 Å². The second kappa shape index (κ2) is 6.97. The molecule has 5 nitrogen and oxygen atoms in total. The summed E-state index contributed by atoms with van der Waals surface area (Å²) >= 11 is 7.85. The Morgan fingerprint density at radius 1 is 1.19 bits per heavy atom. The van der Waals surface area contributed by atoms with E-state index < -0.39 is 5.97 Å². The molecule has 26 heavy (non-hydrogen) atoms. The summed E-state index contributed by atoms with van der Waals surface area (Å²) in [5.74, 6) is -0.198. The predicted molar refractivity (Wildman–Crippen MR) is 101 cm³/mol. The molecule has 0 bridgehead atoms. The maximum Gasteiger partial charge on any atom is 0.326 e. The molecule has 0 unspecified atom stereocenters. The molecule has 2 heterocycles. The lowest BCUT2D eigenvalue weighted by atomic mass is 10.2. The first kappa shape index (κ1) is 16.9. The number of esters is 1. The molecular weight excluding hydrogens is 374 g/mol. The number of carbonyl (C=O) groups is 2. The van der Waals surface area contributed by atoms with Crippen molar-refractivity contribution in [2.75, 3.05) is 18.1 Å². The number of para-hydroxylation sites is 2. The van der Waals surface area contributed by atoms with E-state index in [1.54, 1.807) is 18.2 Å². The van der Waals surface area contributed by atoms with Crippen LogP contribution in [0.25, 0.3) is 10.1 Å². The Kier molecular flexibility index (Phi) is 4.53. The number of anilines is 1. The summed E-state index contributed by atoms with van der Waals surface area (Å²) in [6.45, 7) is -0.175. The molecule has 0 saturated carbocycles. The van der Waals surface area contributed by atoms with E-state index in [0.717, 1.165) is 15.0 Å². The number of fused-ring (bicyclic) bond motifs is 2. The van der Waals surface area contributed by atoms with Crippen molar-refractivity contribution >= 4 is 50.6 Å². The number of rotatable bonds is 4. The second-order valence-electron chi connectivity index (χ2n) is 5.73. The zero-order valence-electron chi connectivity index (χ0n) is 13.6. The molecule has 0 fully saturated rings. The van der Waals surface area contributed by atoms with Crippen molar-refractivity contribution in [3.63, 3.8) is 0 Å². The summed E-state index contributed by atoms with van der Waals surface area (Å²) in [6, 6.07) is 14.9. The van der Waals surface area contributed by atoms with Crippen LogP contribution in [0.15, 0.2) is 48.5 Å². The number of ether oxygens (including phenoxy) is 2. The fraction of sp³-hybridized carbons (Fsp3) is 0.158. The van der Waals surface area contributed by atoms with Gasteiger partial charge in [0.15, 0.2) is 6.61 Å². The summed E-state index contributed by atoms with van der Waals surface area (Å²) < 4.78 is 11.8. The third kappa shape index (κ3) is 3.13. The van der Waals surface area contributed by atoms with E-state index in [1.165, 1.54) is 16.2 Å². The standard InChI is InChI=1S/C19H14ClNO4S/c20-19-12-5-1-4-8-15(12)26-16(19)10-25-18(23)9-21-13-6-2-3-7-14(13)24-11-17(21)22/h1-8H,9-11H2. The van der Waals surface area contributed by atoms with Gasteiger partial charge in [0.25, 0.3) is 5.91 Å². The Morgan fingerprint density at radius 2 is 1.96 bits per heavy atom. The highest BCUT2D eigenvalue weighted by atomic mass is 35.5. The smallest absolute Gasteiger partial charge is 0.326 e. The van der Waals surface area contributed by atoms with Crippen LogP contribution >= 0.6 is 22.9 Å². The van der Waals surface area contributed by atoms with Crippen molar-refractivity contribution in [1.82, 2.24) is 0 Å². The van der Waals surface area contributed by atoms with Crippen molar-refractivity contribution in [2.45, 2.75) is 6.61 Å². The minimum absolute atomic E-state index is 0.0805. The van der Waals surface area contributed by atoms with Crippen molar-refractivity contribution in [2.24, 2.45) is 0 Å². The molecule has 0 radical (unpaired) electrons. The second-order valence-corrected chi connectivity index (χ2v) is 7.25. The molecule has 1 aliphatic rings. The quantitative estimate of drug-likeness (QED) is 0.634. The highest BCUT2D eigenvalue weighted by molar-refractivity contribution is 7.19. The fourth-order valence-electron chi connectivity index (χ4n) is 2.81. The average molecular weight is 388 g/mol. The fourth-order valence-corrected chi connectivity index (χ4v) is 4.21. The van der Waals surface area contributed by atoms with Gasteiger partial charge in [0.2, 0.25) is 0 Å². The van der Waals surface area contributed by atoms with Crippen molar-refractivity contribution in [3.05, 3.63) is 58.4 Å². The summed E-state index contributed by atoms with van der Waals surface area (Å²) in [7, 11) is 0. The minimum atomic E-state index is -0.497. The number of hydrogen-bond acceptors (Lipinski definition) is 5. The molecule has 3 aromatic rings. The first-order valence-corrected chi connectivity index (χ1v) is 9.16. The molecule has 0 saturated heterocycles. The van der Waals surface area contributed by atoms with Gasteiger partial charge in [-0.2, -0.15) is 0 Å². The maximum atomic E-state index is 12.3. The number of thiophene rings is 1. The van der Waals surface area contributed by atoms with Gasteiger partial charge in [0, 0.05) is 10.1 Å². The van der Waals surface area contributed by atoms with Crippen LogP contribution in [0.2, 0.25) is 5.02 Å². The van der Waals surface area contributed by atoms with Gasteiger partial charge in [-0.25, -0.2) is 0 Å². The number of nitrogens with zero attached hydrogens (tertiary/aromatic N) is 1. The van der Waals surface area contributed by atoms with Crippen molar-refractivity contribution in [3.8, 4) is 5.75 Å². The van der Waals surface area contributed by atoms with Crippen LogP contribution in [-0.2, 0) is 20.9 Å². The summed E-state index contributed by atoms with van der Waals surface area (Å²) in [6.07, 6.45) is 0. The van der Waals surface area contributed by atoms with Crippen LogP contribution in [0.5, 0.6) is 5.75 Å². The van der Waals surface area contributed by atoms with E-state index in [-0.39, 0.29) is 25.7 Å². The zero-order valence-corrected chi connectivity index (χ0v) is 15.2. The first-order chi connectivity index (χ1) is 12.6. The molecule has 0 aliphatic carbocycles. The van der Waals surface area contributed by atoms with Gasteiger partial charge in [-0.1, -0.05) is 41.9 Å². The molecule has 0 N–H and O–H groups in total. The van der Waals surface area contributed by atoms with Crippen molar-refractivity contribution in [1.29, 1.82) is 0 Å². The Bertz CT molecular complexity index is 1000. The monoisotopic (exact) mass is 387 g/mol. The number of benzene rings is 2. The highest BCUT2D eigenvalue weighted by Gasteiger charge is 2.27. The van der Waals surface area contributed by atoms with Gasteiger partial charge < -0.3 is 9.47 Å². The molecular formula is C19H14ClNO4S. The molecule has 1 amide bonds. The van der Waals surface area contributed by atoms with Gasteiger partial charge in [0.1, 0.15) is 18.9 Å². The summed E-state index contributed by atoms with van der Waals surface area (Å²) in [5, 5.41) is 1.55. The predicted octanol–water partition coefficient (Wildman–Crippen LogP) is 4.02. The molecule has 4 rings (SSSR count). The molecule has 0 spiro atoms.